The monoisotopic (exact) mass is 413 g/mol. The molecule has 1 saturated heterocycles. The van der Waals surface area contributed by atoms with E-state index in [0.717, 1.165) is 58.1 Å². The number of hydrogen-bond acceptors (Lipinski definition) is 4. The summed E-state index contributed by atoms with van der Waals surface area (Å²) in [6, 6.07) is 0. The van der Waals surface area contributed by atoms with Crippen LogP contribution in [0.3, 0.4) is 0 Å². The minimum atomic E-state index is -0.188. The molecule has 2 amide bonds. The van der Waals surface area contributed by atoms with Gasteiger partial charge >= 0.3 is 0 Å². The summed E-state index contributed by atoms with van der Waals surface area (Å²) in [6.07, 6.45) is 6.22. The van der Waals surface area contributed by atoms with Crippen LogP contribution in [0, 0.1) is 11.8 Å². The highest BCUT2D eigenvalue weighted by atomic mass is 16.5. The van der Waals surface area contributed by atoms with Gasteiger partial charge in [-0.2, -0.15) is 0 Å². The summed E-state index contributed by atoms with van der Waals surface area (Å²) in [6.45, 7) is 16.2. The smallest absolute Gasteiger partial charge is 0.223 e. The molecule has 1 fully saturated rings. The number of likely N-dealkylation sites (tertiary alicyclic amines) is 1. The van der Waals surface area contributed by atoms with Crippen molar-refractivity contribution in [2.24, 2.45) is 11.8 Å². The van der Waals surface area contributed by atoms with E-state index in [4.69, 9.17) is 4.74 Å². The molecule has 6 nitrogen and oxygen atoms in total. The average molecular weight is 414 g/mol. The van der Waals surface area contributed by atoms with E-state index in [2.05, 4.69) is 58.8 Å². The second-order valence-corrected chi connectivity index (χ2v) is 9.61. The number of carbonyl (C=O) groups is 2. The van der Waals surface area contributed by atoms with E-state index < -0.39 is 0 Å². The second-order valence-electron chi connectivity index (χ2n) is 9.61. The number of ether oxygens (including phenoxy) is 1. The van der Waals surface area contributed by atoms with Gasteiger partial charge < -0.3 is 19.9 Å². The lowest BCUT2D eigenvalue weighted by Gasteiger charge is -2.32. The third-order valence-corrected chi connectivity index (χ3v) is 5.21. The van der Waals surface area contributed by atoms with Crippen LogP contribution in [0.5, 0.6) is 0 Å². The number of hydrogen-bond donors (Lipinski definition) is 1. The predicted molar refractivity (Wildman–Crippen MR) is 121 cm³/mol. The highest BCUT2D eigenvalue weighted by Crippen LogP contribution is 2.18. The molecule has 0 bridgehead atoms. The highest BCUT2D eigenvalue weighted by Gasteiger charge is 2.28. The van der Waals surface area contributed by atoms with Crippen molar-refractivity contribution in [3.63, 3.8) is 0 Å². The van der Waals surface area contributed by atoms with E-state index in [-0.39, 0.29) is 17.4 Å². The zero-order valence-corrected chi connectivity index (χ0v) is 20.3. The number of carbonyl (C=O) groups excluding carboxylic acids is 2. The Kier molecular flexibility index (Phi) is 14.2. The Morgan fingerprint density at radius 2 is 1.86 bits per heavy atom. The lowest BCUT2D eigenvalue weighted by Crippen LogP contribution is -2.48. The standard InChI is InChI=1S/C17H34N2O2.C6H13NO/c1-6-7-14(2)21-13-10-17(3,4)18-16(20)15-8-11-19(5)12-9-15;1-6(2)4-7(3)5-8/h14-15H,6-13H2,1-5H3,(H,18,20);5-6H,4H2,1-3H3. The van der Waals surface area contributed by atoms with E-state index in [9.17, 15) is 9.59 Å². The van der Waals surface area contributed by atoms with Crippen molar-refractivity contribution in [1.29, 1.82) is 0 Å². The number of piperidine rings is 1. The molecule has 1 rings (SSSR count). The Bertz CT molecular complexity index is 447. The first kappa shape index (κ1) is 27.9. The van der Waals surface area contributed by atoms with Crippen LogP contribution in [-0.2, 0) is 14.3 Å². The molecule has 0 aromatic carbocycles. The SMILES string of the molecule is CC(C)CN(C)C=O.CCCC(C)OCCC(C)(C)NC(=O)C1CCN(C)CC1. The predicted octanol–water partition coefficient (Wildman–Crippen LogP) is 3.55. The molecular weight excluding hydrogens is 366 g/mol. The molecule has 0 radical (unpaired) electrons. The van der Waals surface area contributed by atoms with Gasteiger partial charge in [-0.25, -0.2) is 0 Å². The van der Waals surface area contributed by atoms with Gasteiger partial charge in [0, 0.05) is 31.7 Å². The number of nitrogens with zero attached hydrogens (tertiary/aromatic N) is 2. The van der Waals surface area contributed by atoms with Gasteiger partial charge in [0.05, 0.1) is 6.10 Å². The Morgan fingerprint density at radius 3 is 2.31 bits per heavy atom. The third kappa shape index (κ3) is 14.5. The summed E-state index contributed by atoms with van der Waals surface area (Å²) in [5, 5.41) is 3.21. The average Bonchev–Trinajstić information content (AvgIpc) is 2.61. The van der Waals surface area contributed by atoms with Crippen LogP contribution in [-0.4, -0.2) is 74.1 Å². The normalized spacial score (nSPS) is 16.7. The molecule has 1 heterocycles. The number of rotatable bonds is 11. The summed E-state index contributed by atoms with van der Waals surface area (Å²) in [7, 11) is 3.90. The maximum absolute atomic E-state index is 12.3. The highest BCUT2D eigenvalue weighted by molar-refractivity contribution is 5.79. The van der Waals surface area contributed by atoms with Gasteiger partial charge in [0.2, 0.25) is 12.3 Å². The Balaban J connectivity index is 0.000000828. The summed E-state index contributed by atoms with van der Waals surface area (Å²) < 4.78 is 5.80. The summed E-state index contributed by atoms with van der Waals surface area (Å²) in [5.41, 5.74) is -0.188. The van der Waals surface area contributed by atoms with E-state index >= 15 is 0 Å². The lowest BCUT2D eigenvalue weighted by atomic mass is 9.93. The van der Waals surface area contributed by atoms with Crippen LogP contribution in [0.15, 0.2) is 0 Å². The van der Waals surface area contributed by atoms with Crippen molar-refractivity contribution < 1.29 is 14.3 Å². The Morgan fingerprint density at radius 1 is 1.28 bits per heavy atom. The summed E-state index contributed by atoms with van der Waals surface area (Å²) >= 11 is 0. The van der Waals surface area contributed by atoms with Gasteiger partial charge in [-0.15, -0.1) is 0 Å². The fraction of sp³-hybridized carbons (Fsp3) is 0.913. The Hall–Kier alpha value is -1.14. The first-order valence-corrected chi connectivity index (χ1v) is 11.3. The molecule has 1 unspecified atom stereocenters. The molecule has 0 aromatic heterocycles. The molecule has 1 N–H and O–H groups in total. The van der Waals surface area contributed by atoms with Gasteiger partial charge in [-0.3, -0.25) is 9.59 Å². The van der Waals surface area contributed by atoms with Gasteiger partial charge in [0.25, 0.3) is 0 Å². The quantitative estimate of drug-likeness (QED) is 0.526. The van der Waals surface area contributed by atoms with Crippen molar-refractivity contribution in [3.05, 3.63) is 0 Å². The zero-order valence-electron chi connectivity index (χ0n) is 20.3. The topological polar surface area (TPSA) is 61.9 Å². The van der Waals surface area contributed by atoms with E-state index in [1.807, 2.05) is 0 Å². The van der Waals surface area contributed by atoms with Crippen molar-refractivity contribution >= 4 is 12.3 Å². The molecule has 1 atom stereocenters. The first-order chi connectivity index (χ1) is 13.5. The molecule has 0 saturated carbocycles. The molecule has 172 valence electrons. The Labute approximate surface area is 179 Å². The molecule has 1 aliphatic heterocycles. The lowest BCUT2D eigenvalue weighted by molar-refractivity contribution is -0.128. The van der Waals surface area contributed by atoms with Crippen molar-refractivity contribution in [2.45, 2.75) is 85.3 Å². The van der Waals surface area contributed by atoms with Gasteiger partial charge in [0.1, 0.15) is 0 Å². The van der Waals surface area contributed by atoms with Crippen molar-refractivity contribution in [3.8, 4) is 0 Å². The van der Waals surface area contributed by atoms with Crippen LogP contribution in [0.25, 0.3) is 0 Å². The van der Waals surface area contributed by atoms with Gasteiger partial charge in [0.15, 0.2) is 0 Å². The molecule has 29 heavy (non-hydrogen) atoms. The number of nitrogens with one attached hydrogen (secondary N) is 1. The molecule has 1 aliphatic rings. The first-order valence-electron chi connectivity index (χ1n) is 11.3. The van der Waals surface area contributed by atoms with Crippen LogP contribution >= 0.6 is 0 Å². The summed E-state index contributed by atoms with van der Waals surface area (Å²) in [5.74, 6) is 0.973. The maximum atomic E-state index is 12.3. The van der Waals surface area contributed by atoms with E-state index in [1.54, 1.807) is 11.9 Å². The fourth-order valence-electron chi connectivity index (χ4n) is 3.39. The molecule has 0 aliphatic carbocycles. The summed E-state index contributed by atoms with van der Waals surface area (Å²) in [4.78, 5) is 26.2. The van der Waals surface area contributed by atoms with Crippen LogP contribution in [0.1, 0.15) is 73.6 Å². The molecular formula is C23H47N3O3. The minimum Gasteiger partial charge on any atom is -0.378 e. The minimum absolute atomic E-state index is 0.181. The zero-order chi connectivity index (χ0) is 22.4. The number of amides is 2. The molecule has 6 heteroatoms. The van der Waals surface area contributed by atoms with Gasteiger partial charge in [-0.1, -0.05) is 27.2 Å². The fourth-order valence-corrected chi connectivity index (χ4v) is 3.39. The van der Waals surface area contributed by atoms with Gasteiger partial charge in [-0.05, 0) is 72.5 Å². The van der Waals surface area contributed by atoms with Crippen LogP contribution in [0.4, 0.5) is 0 Å². The third-order valence-electron chi connectivity index (χ3n) is 5.21. The van der Waals surface area contributed by atoms with Crippen LogP contribution in [0.2, 0.25) is 0 Å². The maximum Gasteiger partial charge on any atom is 0.223 e. The van der Waals surface area contributed by atoms with Crippen molar-refractivity contribution in [1.82, 2.24) is 15.1 Å². The van der Waals surface area contributed by atoms with Crippen LogP contribution < -0.4 is 5.32 Å². The van der Waals surface area contributed by atoms with E-state index in [1.165, 1.54) is 0 Å². The molecule has 0 spiro atoms. The van der Waals surface area contributed by atoms with Crippen molar-refractivity contribution in [2.75, 3.05) is 40.3 Å². The largest absolute Gasteiger partial charge is 0.378 e. The molecule has 0 aromatic rings. The van der Waals surface area contributed by atoms with E-state index in [0.29, 0.717) is 18.6 Å². The second kappa shape index (κ2) is 14.8.